The Kier molecular flexibility index (Phi) is 3.74. The minimum Gasteiger partial charge on any atom is -0.461 e. The Balaban J connectivity index is 1.62. The lowest BCUT2D eigenvalue weighted by atomic mass is 10.1. The Hall–Kier alpha value is -1.81. The first kappa shape index (κ1) is 13.2. The van der Waals surface area contributed by atoms with Crippen LogP contribution < -0.4 is 5.32 Å². The molecule has 0 unspecified atom stereocenters. The number of hydrogen-bond donors (Lipinski definition) is 1. The van der Waals surface area contributed by atoms with Gasteiger partial charge in [-0.3, -0.25) is 4.79 Å². The van der Waals surface area contributed by atoms with Crippen molar-refractivity contribution >= 4 is 16.9 Å². The monoisotopic (exact) mass is 272 g/mol. The van der Waals surface area contributed by atoms with Crippen molar-refractivity contribution in [3.8, 4) is 0 Å². The van der Waals surface area contributed by atoms with Crippen LogP contribution in [0.1, 0.15) is 24.2 Å². The molecule has 1 aromatic carbocycles. The average molecular weight is 272 g/mol. The normalized spacial score (nSPS) is 15.2. The van der Waals surface area contributed by atoms with E-state index in [1.54, 1.807) is 0 Å². The summed E-state index contributed by atoms with van der Waals surface area (Å²) in [5.74, 6) is 1.13. The van der Waals surface area contributed by atoms with E-state index in [1.807, 2.05) is 30.0 Å². The van der Waals surface area contributed by atoms with Gasteiger partial charge in [0, 0.05) is 30.6 Å². The van der Waals surface area contributed by atoms with E-state index < -0.39 is 0 Å². The van der Waals surface area contributed by atoms with Crippen molar-refractivity contribution in [2.24, 2.45) is 0 Å². The van der Waals surface area contributed by atoms with Crippen molar-refractivity contribution in [3.63, 3.8) is 0 Å². The highest BCUT2D eigenvalue weighted by molar-refractivity contribution is 5.82. The van der Waals surface area contributed by atoms with Crippen LogP contribution in [-0.4, -0.2) is 30.4 Å². The number of benzene rings is 1. The smallest absolute Gasteiger partial charge is 0.236 e. The van der Waals surface area contributed by atoms with E-state index in [0.717, 1.165) is 48.2 Å². The molecule has 1 aromatic heterocycles. The minimum atomic E-state index is 0.202. The number of furan rings is 1. The molecule has 2 heterocycles. The molecule has 0 bridgehead atoms. The molecule has 1 aliphatic rings. The van der Waals surface area contributed by atoms with E-state index in [2.05, 4.69) is 11.4 Å². The van der Waals surface area contributed by atoms with Crippen molar-refractivity contribution in [1.82, 2.24) is 10.2 Å². The maximum absolute atomic E-state index is 12.0. The lowest BCUT2D eigenvalue weighted by molar-refractivity contribution is -0.129. The summed E-state index contributed by atoms with van der Waals surface area (Å²) in [7, 11) is 0. The Morgan fingerprint density at radius 2 is 2.05 bits per heavy atom. The van der Waals surface area contributed by atoms with E-state index in [4.69, 9.17) is 4.42 Å². The van der Waals surface area contributed by atoms with Gasteiger partial charge in [0.1, 0.15) is 11.3 Å². The fraction of sp³-hybridized carbons (Fsp3) is 0.438. The minimum absolute atomic E-state index is 0.202. The molecule has 4 heteroatoms. The Morgan fingerprint density at radius 3 is 2.85 bits per heavy atom. The average Bonchev–Trinajstić information content (AvgIpc) is 3.07. The number of amides is 1. The van der Waals surface area contributed by atoms with Crippen molar-refractivity contribution in [1.29, 1.82) is 0 Å². The highest BCUT2D eigenvalue weighted by atomic mass is 16.3. The van der Waals surface area contributed by atoms with Crippen molar-refractivity contribution in [2.45, 2.75) is 26.3 Å². The first-order valence-electron chi connectivity index (χ1n) is 7.21. The van der Waals surface area contributed by atoms with E-state index in [-0.39, 0.29) is 5.91 Å². The highest BCUT2D eigenvalue weighted by Gasteiger charge is 2.17. The summed E-state index contributed by atoms with van der Waals surface area (Å²) >= 11 is 0. The second kappa shape index (κ2) is 5.67. The van der Waals surface area contributed by atoms with Crippen LogP contribution >= 0.6 is 0 Å². The van der Waals surface area contributed by atoms with Crippen LogP contribution in [-0.2, 0) is 11.3 Å². The van der Waals surface area contributed by atoms with Crippen LogP contribution in [0.3, 0.4) is 0 Å². The molecule has 1 amide bonds. The molecule has 0 aliphatic carbocycles. The SMILES string of the molecule is Cc1oc2ccccc2c1CNCC(=O)N1CCCC1. The maximum atomic E-state index is 12.0. The van der Waals surface area contributed by atoms with Gasteiger partial charge in [0.15, 0.2) is 0 Å². The van der Waals surface area contributed by atoms with E-state index in [0.29, 0.717) is 13.1 Å². The second-order valence-electron chi connectivity index (χ2n) is 5.32. The number of para-hydroxylation sites is 1. The van der Waals surface area contributed by atoms with Gasteiger partial charge in [-0.15, -0.1) is 0 Å². The topological polar surface area (TPSA) is 45.5 Å². The molecule has 0 spiro atoms. The van der Waals surface area contributed by atoms with Gasteiger partial charge in [-0.1, -0.05) is 18.2 Å². The zero-order chi connectivity index (χ0) is 13.9. The Bertz CT molecular complexity index is 612. The largest absolute Gasteiger partial charge is 0.461 e. The van der Waals surface area contributed by atoms with Crippen LogP contribution in [0, 0.1) is 6.92 Å². The molecule has 1 N–H and O–H groups in total. The van der Waals surface area contributed by atoms with Crippen LogP contribution in [0.4, 0.5) is 0 Å². The molecule has 1 fully saturated rings. The number of nitrogens with one attached hydrogen (secondary N) is 1. The third kappa shape index (κ3) is 2.56. The summed E-state index contributed by atoms with van der Waals surface area (Å²) in [6.45, 7) is 4.86. The molecule has 2 aromatic rings. The lowest BCUT2D eigenvalue weighted by Crippen LogP contribution is -2.36. The third-order valence-corrected chi connectivity index (χ3v) is 3.94. The molecule has 0 radical (unpaired) electrons. The number of nitrogens with zero attached hydrogens (tertiary/aromatic N) is 1. The van der Waals surface area contributed by atoms with Crippen molar-refractivity contribution in [3.05, 3.63) is 35.6 Å². The quantitative estimate of drug-likeness (QED) is 0.930. The first-order chi connectivity index (χ1) is 9.75. The summed E-state index contributed by atoms with van der Waals surface area (Å²) < 4.78 is 5.72. The van der Waals surface area contributed by atoms with Gasteiger partial charge in [-0.2, -0.15) is 0 Å². The van der Waals surface area contributed by atoms with Gasteiger partial charge in [0.25, 0.3) is 0 Å². The molecular formula is C16H20N2O2. The van der Waals surface area contributed by atoms with Crippen LogP contribution in [0.5, 0.6) is 0 Å². The Labute approximate surface area is 118 Å². The summed E-state index contributed by atoms with van der Waals surface area (Å²) in [4.78, 5) is 13.9. The predicted molar refractivity (Wildman–Crippen MR) is 78.5 cm³/mol. The molecule has 3 rings (SSSR count). The summed E-state index contributed by atoms with van der Waals surface area (Å²) in [5, 5.41) is 4.38. The summed E-state index contributed by atoms with van der Waals surface area (Å²) in [6.07, 6.45) is 2.27. The van der Waals surface area contributed by atoms with Gasteiger partial charge in [0.05, 0.1) is 6.54 Å². The van der Waals surface area contributed by atoms with Gasteiger partial charge < -0.3 is 14.6 Å². The number of carbonyl (C=O) groups excluding carboxylic acids is 1. The first-order valence-corrected chi connectivity index (χ1v) is 7.21. The molecule has 20 heavy (non-hydrogen) atoms. The number of aryl methyl sites for hydroxylation is 1. The zero-order valence-electron chi connectivity index (χ0n) is 11.8. The summed E-state index contributed by atoms with van der Waals surface area (Å²) in [6, 6.07) is 8.02. The fourth-order valence-electron chi connectivity index (χ4n) is 2.81. The maximum Gasteiger partial charge on any atom is 0.236 e. The molecule has 1 saturated heterocycles. The van der Waals surface area contributed by atoms with Gasteiger partial charge in [0.2, 0.25) is 5.91 Å². The zero-order valence-corrected chi connectivity index (χ0v) is 11.8. The number of hydrogen-bond acceptors (Lipinski definition) is 3. The van der Waals surface area contributed by atoms with Gasteiger partial charge in [-0.25, -0.2) is 0 Å². The number of rotatable bonds is 4. The van der Waals surface area contributed by atoms with E-state index in [1.165, 1.54) is 0 Å². The van der Waals surface area contributed by atoms with Gasteiger partial charge >= 0.3 is 0 Å². The third-order valence-electron chi connectivity index (χ3n) is 3.94. The molecule has 0 saturated carbocycles. The molecule has 4 nitrogen and oxygen atoms in total. The van der Waals surface area contributed by atoms with Crippen molar-refractivity contribution in [2.75, 3.05) is 19.6 Å². The second-order valence-corrected chi connectivity index (χ2v) is 5.32. The standard InChI is InChI=1S/C16H20N2O2/c1-12-14(13-6-2-3-7-15(13)20-12)10-17-11-16(19)18-8-4-5-9-18/h2-3,6-7,17H,4-5,8-11H2,1H3. The van der Waals surface area contributed by atoms with Crippen LogP contribution in [0.2, 0.25) is 0 Å². The Morgan fingerprint density at radius 1 is 1.30 bits per heavy atom. The van der Waals surface area contributed by atoms with Crippen molar-refractivity contribution < 1.29 is 9.21 Å². The summed E-state index contributed by atoms with van der Waals surface area (Å²) in [5.41, 5.74) is 2.06. The molecule has 0 atom stereocenters. The highest BCUT2D eigenvalue weighted by Crippen LogP contribution is 2.24. The van der Waals surface area contributed by atoms with Crippen LogP contribution in [0.15, 0.2) is 28.7 Å². The lowest BCUT2D eigenvalue weighted by Gasteiger charge is -2.15. The van der Waals surface area contributed by atoms with Crippen LogP contribution in [0.25, 0.3) is 11.0 Å². The predicted octanol–water partition coefficient (Wildman–Crippen LogP) is 2.45. The molecule has 106 valence electrons. The fourth-order valence-corrected chi connectivity index (χ4v) is 2.81. The van der Waals surface area contributed by atoms with E-state index >= 15 is 0 Å². The number of likely N-dealkylation sites (tertiary alicyclic amines) is 1. The number of carbonyl (C=O) groups is 1. The van der Waals surface area contributed by atoms with Gasteiger partial charge in [-0.05, 0) is 25.8 Å². The molecular weight excluding hydrogens is 252 g/mol. The molecule has 1 aliphatic heterocycles. The van der Waals surface area contributed by atoms with E-state index in [9.17, 15) is 4.79 Å². The number of fused-ring (bicyclic) bond motifs is 1.